The molecule has 0 saturated heterocycles. The summed E-state index contributed by atoms with van der Waals surface area (Å²) in [6.07, 6.45) is 0. The summed E-state index contributed by atoms with van der Waals surface area (Å²) in [7, 11) is -3.28. The molecule has 0 fully saturated rings. The van der Waals surface area contributed by atoms with Gasteiger partial charge >= 0.3 is 5.37 Å². The third kappa shape index (κ3) is 1.83. The lowest BCUT2D eigenvalue weighted by Gasteiger charge is -1.53. The van der Waals surface area contributed by atoms with Gasteiger partial charge in [0.2, 0.25) is 0 Å². The van der Waals surface area contributed by atoms with Gasteiger partial charge < -0.3 is 0 Å². The van der Waals surface area contributed by atoms with E-state index in [2.05, 4.69) is 0 Å². The van der Waals surface area contributed by atoms with Crippen LogP contribution in [0.5, 0.6) is 0 Å². The monoisotopic (exact) mass is 114 g/mol. The van der Waals surface area contributed by atoms with Crippen LogP contribution in [-0.2, 0) is 10.3 Å². The summed E-state index contributed by atoms with van der Waals surface area (Å²) in [6.45, 7) is 0. The molecule has 0 aliphatic rings. The minimum absolute atomic E-state index is 2.57. The van der Waals surface area contributed by atoms with Gasteiger partial charge in [-0.25, -0.2) is 0 Å². The first-order chi connectivity index (χ1) is 2.64. The van der Waals surface area contributed by atoms with Gasteiger partial charge in [0.05, 0.1) is 0 Å². The van der Waals surface area contributed by atoms with Gasteiger partial charge in [-0.05, 0) is 0 Å². The highest BCUT2D eigenvalue weighted by atomic mass is 32.2. The Morgan fingerprint density at radius 3 is 1.50 bits per heavy atom. The second-order valence-electron chi connectivity index (χ2n) is 0.460. The standard InChI is InChI=1S/CF2O2S/c2-1(3)6(4)5. The summed E-state index contributed by atoms with van der Waals surface area (Å²) in [5.74, 6) is 0. The van der Waals surface area contributed by atoms with Crippen molar-refractivity contribution in [3.63, 3.8) is 0 Å². The predicted octanol–water partition coefficient (Wildman–Crippen LogP) is -0.108. The highest BCUT2D eigenvalue weighted by Crippen LogP contribution is 1.70. The van der Waals surface area contributed by atoms with E-state index in [-0.39, 0.29) is 0 Å². The highest BCUT2D eigenvalue weighted by molar-refractivity contribution is 7.72. The molecule has 0 aromatic carbocycles. The van der Waals surface area contributed by atoms with Gasteiger partial charge in [-0.3, -0.25) is 0 Å². The van der Waals surface area contributed by atoms with Gasteiger partial charge in [-0.1, -0.05) is 0 Å². The van der Waals surface area contributed by atoms with Crippen molar-refractivity contribution in [3.8, 4) is 0 Å². The maximum atomic E-state index is 10.5. The van der Waals surface area contributed by atoms with E-state index in [4.69, 9.17) is 8.42 Å². The minimum Gasteiger partial charge on any atom is -0.179 e. The number of rotatable bonds is 0. The third-order valence-electron chi connectivity index (χ3n) is 0.126. The van der Waals surface area contributed by atoms with E-state index in [1.807, 2.05) is 0 Å². The molecule has 0 bridgehead atoms. The summed E-state index contributed by atoms with van der Waals surface area (Å²) >= 11 is 0. The highest BCUT2D eigenvalue weighted by Gasteiger charge is 1.85. The second-order valence-corrected chi connectivity index (χ2v) is 1.24. The van der Waals surface area contributed by atoms with Crippen LogP contribution in [0.4, 0.5) is 8.78 Å². The summed E-state index contributed by atoms with van der Waals surface area (Å²) in [4.78, 5) is 0. The lowest BCUT2D eigenvalue weighted by molar-refractivity contribution is 0.601. The van der Waals surface area contributed by atoms with Crippen LogP contribution in [-0.4, -0.2) is 13.8 Å². The first-order valence-electron chi connectivity index (χ1n) is 0.915. The molecule has 0 spiro atoms. The van der Waals surface area contributed by atoms with Crippen LogP contribution in [0.1, 0.15) is 0 Å². The Labute approximate surface area is 33.9 Å². The van der Waals surface area contributed by atoms with E-state index in [9.17, 15) is 8.78 Å². The van der Waals surface area contributed by atoms with E-state index < -0.39 is 15.7 Å². The molecule has 0 radical (unpaired) electrons. The quantitative estimate of drug-likeness (QED) is 0.325. The van der Waals surface area contributed by atoms with E-state index >= 15 is 0 Å². The Morgan fingerprint density at radius 2 is 1.50 bits per heavy atom. The predicted molar refractivity (Wildman–Crippen MR) is 16.1 cm³/mol. The summed E-state index contributed by atoms with van der Waals surface area (Å²) in [5, 5.41) is -2.57. The fraction of sp³-hybridized carbons (Fsp3) is 0. The van der Waals surface area contributed by atoms with Crippen LogP contribution in [0.15, 0.2) is 0 Å². The molecule has 0 atom stereocenters. The molecule has 0 heterocycles. The average molecular weight is 114 g/mol. The first-order valence-corrected chi connectivity index (χ1v) is 1.99. The SMILES string of the molecule is O=S(=O)=C(F)F. The fourth-order valence-corrected chi connectivity index (χ4v) is 0. The van der Waals surface area contributed by atoms with Gasteiger partial charge in [0, 0.05) is 0 Å². The van der Waals surface area contributed by atoms with Gasteiger partial charge in [0.25, 0.3) is 10.3 Å². The molecule has 0 N–H and O–H groups in total. The number of hydrogen-bond acceptors (Lipinski definition) is 2. The maximum absolute atomic E-state index is 10.5. The number of hydrogen-bond donors (Lipinski definition) is 0. The Hall–Kier alpha value is -0.450. The Bertz CT molecular complexity index is 142. The molecule has 0 saturated carbocycles. The largest absolute Gasteiger partial charge is 0.387 e. The topological polar surface area (TPSA) is 34.1 Å². The molecule has 5 heteroatoms. The lowest BCUT2D eigenvalue weighted by Crippen LogP contribution is -1.72. The molecule has 0 aliphatic heterocycles. The molecule has 0 rings (SSSR count). The Kier molecular flexibility index (Phi) is 1.72. The van der Waals surface area contributed by atoms with Crippen molar-refractivity contribution in [2.75, 3.05) is 0 Å². The van der Waals surface area contributed by atoms with E-state index in [1.165, 1.54) is 0 Å². The Balaban J connectivity index is 4.58. The van der Waals surface area contributed by atoms with Gasteiger partial charge in [-0.15, -0.1) is 0 Å². The molecule has 0 unspecified atom stereocenters. The zero-order valence-corrected chi connectivity index (χ0v) is 3.30. The second kappa shape index (κ2) is 1.86. The van der Waals surface area contributed by atoms with Crippen LogP contribution >= 0.6 is 0 Å². The van der Waals surface area contributed by atoms with Gasteiger partial charge in [-0.2, -0.15) is 17.2 Å². The maximum Gasteiger partial charge on any atom is 0.387 e. The van der Waals surface area contributed by atoms with Crippen LogP contribution in [0.3, 0.4) is 0 Å². The Morgan fingerprint density at radius 1 is 1.33 bits per heavy atom. The zero-order chi connectivity index (χ0) is 5.15. The normalized spacial score (nSPS) is 7.67. The number of halogens is 2. The van der Waals surface area contributed by atoms with Gasteiger partial charge in [0.1, 0.15) is 0 Å². The summed E-state index contributed by atoms with van der Waals surface area (Å²) in [6, 6.07) is 0. The van der Waals surface area contributed by atoms with Crippen molar-refractivity contribution in [3.05, 3.63) is 0 Å². The molecule has 0 aliphatic carbocycles. The zero-order valence-electron chi connectivity index (χ0n) is 2.48. The fourth-order valence-electron chi connectivity index (χ4n) is 0. The van der Waals surface area contributed by atoms with Crippen molar-refractivity contribution in [1.29, 1.82) is 0 Å². The summed E-state index contributed by atoms with van der Waals surface area (Å²) in [5.41, 5.74) is 0. The van der Waals surface area contributed by atoms with Gasteiger partial charge in [0.15, 0.2) is 0 Å². The smallest absolute Gasteiger partial charge is 0.179 e. The molecule has 6 heavy (non-hydrogen) atoms. The minimum atomic E-state index is -3.28. The molecule has 0 aromatic heterocycles. The van der Waals surface area contributed by atoms with E-state index in [1.54, 1.807) is 0 Å². The molecule has 0 amide bonds. The van der Waals surface area contributed by atoms with Crippen molar-refractivity contribution >= 4 is 15.7 Å². The van der Waals surface area contributed by atoms with Crippen molar-refractivity contribution in [2.45, 2.75) is 0 Å². The van der Waals surface area contributed by atoms with Crippen molar-refractivity contribution < 1.29 is 17.2 Å². The van der Waals surface area contributed by atoms with Crippen LogP contribution in [0.25, 0.3) is 0 Å². The van der Waals surface area contributed by atoms with Crippen LogP contribution in [0, 0.1) is 0 Å². The van der Waals surface area contributed by atoms with Crippen LogP contribution in [0.2, 0.25) is 0 Å². The van der Waals surface area contributed by atoms with Crippen LogP contribution < -0.4 is 0 Å². The third-order valence-corrected chi connectivity index (χ3v) is 0.378. The average Bonchev–Trinajstić information content (AvgIpc) is 1.36. The van der Waals surface area contributed by atoms with Crippen molar-refractivity contribution in [1.82, 2.24) is 0 Å². The molecular weight excluding hydrogens is 114 g/mol. The molecule has 0 aromatic rings. The summed E-state index contributed by atoms with van der Waals surface area (Å²) < 4.78 is 38.7. The molecule has 36 valence electrons. The van der Waals surface area contributed by atoms with E-state index in [0.717, 1.165) is 0 Å². The first kappa shape index (κ1) is 5.55. The van der Waals surface area contributed by atoms with Crippen molar-refractivity contribution in [2.24, 2.45) is 0 Å². The lowest BCUT2D eigenvalue weighted by atomic mass is 11.7. The molecule has 2 nitrogen and oxygen atoms in total. The van der Waals surface area contributed by atoms with E-state index in [0.29, 0.717) is 0 Å². The molecular formula is CF2O2S.